The number of rotatable bonds is 3. The van der Waals surface area contributed by atoms with Crippen LogP contribution in [0.1, 0.15) is 17.4 Å². The average Bonchev–Trinajstić information content (AvgIpc) is 2.56. The van der Waals surface area contributed by atoms with Crippen molar-refractivity contribution in [3.05, 3.63) is 22.4 Å². The number of aryl methyl sites for hydroxylation is 1. The van der Waals surface area contributed by atoms with Crippen LogP contribution in [0.15, 0.2) is 16.7 Å². The summed E-state index contributed by atoms with van der Waals surface area (Å²) < 4.78 is 2.68. The van der Waals surface area contributed by atoms with Gasteiger partial charge in [0.1, 0.15) is 12.2 Å². The van der Waals surface area contributed by atoms with Crippen molar-refractivity contribution in [2.45, 2.75) is 13.5 Å². The second-order valence-electron chi connectivity index (χ2n) is 2.67. The second kappa shape index (κ2) is 4.82. The van der Waals surface area contributed by atoms with Gasteiger partial charge < -0.3 is 9.88 Å². The monoisotopic (exact) mass is 255 g/mol. The van der Waals surface area contributed by atoms with Gasteiger partial charge in [-0.2, -0.15) is 5.26 Å². The van der Waals surface area contributed by atoms with Crippen molar-refractivity contribution in [3.8, 4) is 6.07 Å². The van der Waals surface area contributed by atoms with Crippen LogP contribution < -0.4 is 5.32 Å². The first-order chi connectivity index (χ1) is 6.69. The smallest absolute Gasteiger partial charge is 0.268 e. The molecule has 14 heavy (non-hydrogen) atoms. The normalized spacial score (nSPS) is 9.50. The summed E-state index contributed by atoms with van der Waals surface area (Å²) in [6, 6.07) is 3.59. The zero-order chi connectivity index (χ0) is 10.6. The van der Waals surface area contributed by atoms with Crippen LogP contribution in [-0.2, 0) is 6.54 Å². The number of aromatic nitrogens is 1. The third kappa shape index (κ3) is 2.36. The standard InChI is InChI=1S/C9H10BrN3O/c1-2-13-6-7(10)5-8(13)9(14)12-4-3-11/h5-6H,2,4H2,1H3,(H,12,14). The predicted molar refractivity (Wildman–Crippen MR) is 55.8 cm³/mol. The Morgan fingerprint density at radius 1 is 1.79 bits per heavy atom. The van der Waals surface area contributed by atoms with E-state index >= 15 is 0 Å². The van der Waals surface area contributed by atoms with Crippen LogP contribution in [0.3, 0.4) is 0 Å². The van der Waals surface area contributed by atoms with E-state index in [9.17, 15) is 4.79 Å². The van der Waals surface area contributed by atoms with Crippen molar-refractivity contribution in [1.29, 1.82) is 5.26 Å². The molecule has 0 bridgehead atoms. The summed E-state index contributed by atoms with van der Waals surface area (Å²) in [6.07, 6.45) is 1.83. The molecule has 0 aromatic carbocycles. The van der Waals surface area contributed by atoms with Gasteiger partial charge in [0, 0.05) is 17.2 Å². The molecule has 74 valence electrons. The molecule has 4 nitrogen and oxygen atoms in total. The molecular weight excluding hydrogens is 246 g/mol. The summed E-state index contributed by atoms with van der Waals surface area (Å²) in [5.41, 5.74) is 0.564. The minimum Gasteiger partial charge on any atom is -0.343 e. The molecule has 1 aromatic rings. The summed E-state index contributed by atoms with van der Waals surface area (Å²) in [4.78, 5) is 11.5. The number of hydrogen-bond donors (Lipinski definition) is 1. The first kappa shape index (κ1) is 10.8. The summed E-state index contributed by atoms with van der Waals surface area (Å²) in [7, 11) is 0. The first-order valence-electron chi connectivity index (χ1n) is 4.19. The summed E-state index contributed by atoms with van der Waals surface area (Å²) in [5.74, 6) is -0.223. The lowest BCUT2D eigenvalue weighted by molar-refractivity contribution is 0.0949. The SMILES string of the molecule is CCn1cc(Br)cc1C(=O)NCC#N. The minimum atomic E-state index is -0.223. The lowest BCUT2D eigenvalue weighted by Crippen LogP contribution is -2.25. The van der Waals surface area contributed by atoms with Gasteiger partial charge in [-0.3, -0.25) is 4.79 Å². The van der Waals surface area contributed by atoms with E-state index in [1.54, 1.807) is 6.07 Å². The van der Waals surface area contributed by atoms with Gasteiger partial charge >= 0.3 is 0 Å². The zero-order valence-corrected chi connectivity index (χ0v) is 9.34. The molecule has 0 aliphatic carbocycles. The van der Waals surface area contributed by atoms with E-state index in [4.69, 9.17) is 5.26 Å². The number of nitriles is 1. The molecule has 5 heteroatoms. The van der Waals surface area contributed by atoms with E-state index in [1.807, 2.05) is 23.8 Å². The molecular formula is C9H10BrN3O. The number of carbonyl (C=O) groups excluding carboxylic acids is 1. The van der Waals surface area contributed by atoms with Crippen LogP contribution >= 0.6 is 15.9 Å². The number of hydrogen-bond acceptors (Lipinski definition) is 2. The highest BCUT2D eigenvalue weighted by Gasteiger charge is 2.10. The summed E-state index contributed by atoms with van der Waals surface area (Å²) >= 11 is 3.29. The molecule has 0 radical (unpaired) electrons. The van der Waals surface area contributed by atoms with E-state index < -0.39 is 0 Å². The molecule has 0 aliphatic heterocycles. The van der Waals surface area contributed by atoms with Crippen LogP contribution in [0, 0.1) is 11.3 Å². The largest absolute Gasteiger partial charge is 0.343 e. The Labute approximate surface area is 90.6 Å². The molecule has 1 heterocycles. The van der Waals surface area contributed by atoms with E-state index in [1.165, 1.54) is 0 Å². The fraction of sp³-hybridized carbons (Fsp3) is 0.333. The van der Waals surface area contributed by atoms with Gasteiger partial charge in [-0.15, -0.1) is 0 Å². The maximum atomic E-state index is 11.5. The maximum Gasteiger partial charge on any atom is 0.268 e. The average molecular weight is 256 g/mol. The quantitative estimate of drug-likeness (QED) is 0.833. The summed E-state index contributed by atoms with van der Waals surface area (Å²) in [5, 5.41) is 10.8. The van der Waals surface area contributed by atoms with Gasteiger partial charge in [0.15, 0.2) is 0 Å². The molecule has 1 amide bonds. The molecule has 0 spiro atoms. The van der Waals surface area contributed by atoms with Crippen LogP contribution in [0.25, 0.3) is 0 Å². The van der Waals surface area contributed by atoms with Crippen LogP contribution in [0.5, 0.6) is 0 Å². The Morgan fingerprint density at radius 2 is 2.50 bits per heavy atom. The predicted octanol–water partition coefficient (Wildman–Crippen LogP) is 1.52. The van der Waals surface area contributed by atoms with E-state index in [0.29, 0.717) is 5.69 Å². The fourth-order valence-corrected chi connectivity index (χ4v) is 1.60. The van der Waals surface area contributed by atoms with Gasteiger partial charge in [0.2, 0.25) is 0 Å². The van der Waals surface area contributed by atoms with Crippen molar-refractivity contribution in [2.24, 2.45) is 0 Å². The van der Waals surface area contributed by atoms with Gasteiger partial charge in [0.05, 0.1) is 6.07 Å². The maximum absolute atomic E-state index is 11.5. The van der Waals surface area contributed by atoms with Crippen molar-refractivity contribution >= 4 is 21.8 Å². The van der Waals surface area contributed by atoms with E-state index in [0.717, 1.165) is 11.0 Å². The van der Waals surface area contributed by atoms with Gasteiger partial charge in [-0.1, -0.05) is 0 Å². The van der Waals surface area contributed by atoms with Crippen LogP contribution in [0.2, 0.25) is 0 Å². The number of amides is 1. The summed E-state index contributed by atoms with van der Waals surface area (Å²) in [6.45, 7) is 2.71. The minimum absolute atomic E-state index is 0.0331. The Hall–Kier alpha value is -1.28. The Kier molecular flexibility index (Phi) is 3.72. The first-order valence-corrected chi connectivity index (χ1v) is 4.99. The van der Waals surface area contributed by atoms with Crippen molar-refractivity contribution < 1.29 is 4.79 Å². The Morgan fingerprint density at radius 3 is 3.07 bits per heavy atom. The highest BCUT2D eigenvalue weighted by atomic mass is 79.9. The third-order valence-electron chi connectivity index (χ3n) is 1.76. The lowest BCUT2D eigenvalue weighted by Gasteiger charge is -2.04. The zero-order valence-electron chi connectivity index (χ0n) is 7.75. The molecule has 0 saturated carbocycles. The highest BCUT2D eigenvalue weighted by Crippen LogP contribution is 2.14. The second-order valence-corrected chi connectivity index (χ2v) is 3.59. The molecule has 1 rings (SSSR count). The number of carbonyl (C=O) groups is 1. The molecule has 0 aliphatic rings. The number of nitrogens with zero attached hydrogens (tertiary/aromatic N) is 2. The molecule has 0 atom stereocenters. The third-order valence-corrected chi connectivity index (χ3v) is 2.20. The number of halogens is 1. The Bertz CT molecular complexity index is 378. The van der Waals surface area contributed by atoms with Gasteiger partial charge in [-0.05, 0) is 28.9 Å². The molecule has 0 saturated heterocycles. The highest BCUT2D eigenvalue weighted by molar-refractivity contribution is 9.10. The Balaban J connectivity index is 2.84. The van der Waals surface area contributed by atoms with Crippen molar-refractivity contribution in [1.82, 2.24) is 9.88 Å². The van der Waals surface area contributed by atoms with Gasteiger partial charge in [0.25, 0.3) is 5.91 Å². The van der Waals surface area contributed by atoms with E-state index in [-0.39, 0.29) is 12.5 Å². The molecule has 0 unspecified atom stereocenters. The van der Waals surface area contributed by atoms with Crippen molar-refractivity contribution in [2.75, 3.05) is 6.54 Å². The number of nitrogens with one attached hydrogen (secondary N) is 1. The fourth-order valence-electron chi connectivity index (χ4n) is 1.14. The van der Waals surface area contributed by atoms with Crippen LogP contribution in [-0.4, -0.2) is 17.0 Å². The molecule has 0 fully saturated rings. The van der Waals surface area contributed by atoms with Crippen molar-refractivity contribution in [3.63, 3.8) is 0 Å². The topological polar surface area (TPSA) is 57.8 Å². The molecule has 1 N–H and O–H groups in total. The van der Waals surface area contributed by atoms with E-state index in [2.05, 4.69) is 21.2 Å². The van der Waals surface area contributed by atoms with Crippen LogP contribution in [0.4, 0.5) is 0 Å². The lowest BCUT2D eigenvalue weighted by atomic mass is 10.4. The molecule has 1 aromatic heterocycles. The van der Waals surface area contributed by atoms with Gasteiger partial charge in [-0.25, -0.2) is 0 Å².